The first-order valence-electron chi connectivity index (χ1n) is 7.95. The van der Waals surface area contributed by atoms with Gasteiger partial charge in [-0.2, -0.15) is 0 Å². The molecule has 1 aliphatic rings. The lowest BCUT2D eigenvalue weighted by atomic mass is 10.1. The summed E-state index contributed by atoms with van der Waals surface area (Å²) >= 11 is 12.2. The number of imide groups is 2. The molecule has 1 fully saturated rings. The number of barbiturate groups is 1. The number of carbonyl (C=O) groups excluding carboxylic acids is 3. The number of carbonyl (C=O) groups is 3. The van der Waals surface area contributed by atoms with Crippen LogP contribution in [0.5, 0.6) is 11.5 Å². The minimum Gasteiger partial charge on any atom is -0.493 e. The number of benzene rings is 2. The van der Waals surface area contributed by atoms with E-state index in [0.29, 0.717) is 16.3 Å². The number of amides is 4. The Bertz CT molecular complexity index is 1000. The van der Waals surface area contributed by atoms with Crippen molar-refractivity contribution in [2.45, 2.75) is 0 Å². The Morgan fingerprint density at radius 1 is 0.964 bits per heavy atom. The largest absolute Gasteiger partial charge is 0.493 e. The summed E-state index contributed by atoms with van der Waals surface area (Å²) in [4.78, 5) is 38.2. The molecule has 2 aromatic carbocycles. The van der Waals surface area contributed by atoms with Crippen LogP contribution >= 0.6 is 23.2 Å². The first kappa shape index (κ1) is 19.7. The molecule has 2 aromatic rings. The second-order valence-corrected chi connectivity index (χ2v) is 6.45. The molecule has 0 saturated carbocycles. The molecule has 1 heterocycles. The molecule has 7 nitrogen and oxygen atoms in total. The van der Waals surface area contributed by atoms with E-state index < -0.39 is 17.8 Å². The van der Waals surface area contributed by atoms with E-state index in [1.165, 1.54) is 44.6 Å². The summed E-state index contributed by atoms with van der Waals surface area (Å²) in [5.74, 6) is -0.965. The van der Waals surface area contributed by atoms with Crippen molar-refractivity contribution in [3.63, 3.8) is 0 Å². The third-order valence-corrected chi connectivity index (χ3v) is 4.64. The Balaban J connectivity index is 2.06. The van der Waals surface area contributed by atoms with E-state index in [9.17, 15) is 14.4 Å². The van der Waals surface area contributed by atoms with Gasteiger partial charge in [0.05, 0.1) is 24.9 Å². The fraction of sp³-hybridized carbons (Fsp3) is 0.105. The molecule has 0 atom stereocenters. The monoisotopic (exact) mass is 420 g/mol. The van der Waals surface area contributed by atoms with Crippen molar-refractivity contribution in [2.75, 3.05) is 19.1 Å². The van der Waals surface area contributed by atoms with E-state index >= 15 is 0 Å². The number of nitrogens with zero attached hydrogens (tertiary/aromatic N) is 1. The van der Waals surface area contributed by atoms with Gasteiger partial charge in [-0.1, -0.05) is 23.2 Å². The summed E-state index contributed by atoms with van der Waals surface area (Å²) in [6.07, 6.45) is 1.29. The first-order valence-corrected chi connectivity index (χ1v) is 8.70. The van der Waals surface area contributed by atoms with Crippen LogP contribution in [0.1, 0.15) is 5.56 Å². The SMILES string of the molecule is COc1ccc(/C=C2\C(=O)NC(=O)N(c3ccc(Cl)cc3)C2=O)c(Cl)c1OC. The highest BCUT2D eigenvalue weighted by atomic mass is 35.5. The third kappa shape index (κ3) is 3.54. The zero-order valence-corrected chi connectivity index (χ0v) is 16.3. The van der Waals surface area contributed by atoms with Crippen LogP contribution in [0.4, 0.5) is 10.5 Å². The Morgan fingerprint density at radius 3 is 2.25 bits per heavy atom. The van der Waals surface area contributed by atoms with Crippen LogP contribution in [0.15, 0.2) is 42.0 Å². The van der Waals surface area contributed by atoms with Gasteiger partial charge < -0.3 is 9.47 Å². The summed E-state index contributed by atoms with van der Waals surface area (Å²) < 4.78 is 10.4. The van der Waals surface area contributed by atoms with Gasteiger partial charge in [-0.3, -0.25) is 14.9 Å². The van der Waals surface area contributed by atoms with Gasteiger partial charge in [0, 0.05) is 5.02 Å². The minimum absolute atomic E-state index is 0.157. The minimum atomic E-state index is -0.854. The van der Waals surface area contributed by atoms with E-state index in [2.05, 4.69) is 5.32 Å². The van der Waals surface area contributed by atoms with Crippen LogP contribution in [0.2, 0.25) is 10.0 Å². The molecule has 0 radical (unpaired) electrons. The van der Waals surface area contributed by atoms with Crippen molar-refractivity contribution in [3.8, 4) is 11.5 Å². The van der Waals surface area contributed by atoms with Crippen LogP contribution in [0.25, 0.3) is 6.08 Å². The van der Waals surface area contributed by atoms with E-state index in [-0.39, 0.29) is 22.0 Å². The van der Waals surface area contributed by atoms with Gasteiger partial charge in [0.15, 0.2) is 11.5 Å². The summed E-state index contributed by atoms with van der Waals surface area (Å²) in [5, 5.41) is 2.74. The number of hydrogen-bond acceptors (Lipinski definition) is 5. The van der Waals surface area contributed by atoms with Crippen molar-refractivity contribution < 1.29 is 23.9 Å². The molecule has 3 rings (SSSR count). The number of rotatable bonds is 4. The average Bonchev–Trinajstić information content (AvgIpc) is 2.67. The maximum atomic E-state index is 12.9. The Morgan fingerprint density at radius 2 is 1.64 bits per heavy atom. The molecule has 1 N–H and O–H groups in total. The van der Waals surface area contributed by atoms with Crippen LogP contribution in [0.3, 0.4) is 0 Å². The quantitative estimate of drug-likeness (QED) is 0.602. The van der Waals surface area contributed by atoms with Crippen molar-refractivity contribution in [3.05, 3.63) is 57.6 Å². The molecule has 144 valence electrons. The smallest absolute Gasteiger partial charge is 0.335 e. The van der Waals surface area contributed by atoms with Crippen molar-refractivity contribution in [2.24, 2.45) is 0 Å². The fourth-order valence-corrected chi connectivity index (χ4v) is 3.07. The number of methoxy groups -OCH3 is 2. The third-order valence-electron chi connectivity index (χ3n) is 4.00. The number of ether oxygens (including phenoxy) is 2. The molecule has 0 aliphatic carbocycles. The van der Waals surface area contributed by atoms with Gasteiger partial charge in [-0.05, 0) is 48.0 Å². The highest BCUT2D eigenvalue weighted by molar-refractivity contribution is 6.40. The van der Waals surface area contributed by atoms with Crippen LogP contribution in [0, 0.1) is 0 Å². The molecular formula is C19H14Cl2N2O5. The van der Waals surface area contributed by atoms with Crippen LogP contribution in [-0.2, 0) is 9.59 Å². The predicted molar refractivity (Wildman–Crippen MR) is 105 cm³/mol. The second-order valence-electron chi connectivity index (χ2n) is 5.64. The van der Waals surface area contributed by atoms with Crippen LogP contribution in [-0.4, -0.2) is 32.1 Å². The number of urea groups is 1. The average molecular weight is 421 g/mol. The van der Waals surface area contributed by atoms with E-state index in [0.717, 1.165) is 4.90 Å². The lowest BCUT2D eigenvalue weighted by Gasteiger charge is -2.26. The second kappa shape index (κ2) is 7.92. The predicted octanol–water partition coefficient (Wildman–Crippen LogP) is 3.68. The fourth-order valence-electron chi connectivity index (χ4n) is 2.65. The maximum Gasteiger partial charge on any atom is 0.335 e. The highest BCUT2D eigenvalue weighted by Crippen LogP contribution is 2.38. The zero-order valence-electron chi connectivity index (χ0n) is 14.8. The molecule has 4 amide bonds. The van der Waals surface area contributed by atoms with Gasteiger partial charge in [0.1, 0.15) is 5.57 Å². The van der Waals surface area contributed by atoms with Gasteiger partial charge in [0.2, 0.25) is 0 Å². The summed E-state index contributed by atoms with van der Waals surface area (Å²) in [6.45, 7) is 0. The summed E-state index contributed by atoms with van der Waals surface area (Å²) in [5.41, 5.74) is 0.357. The summed E-state index contributed by atoms with van der Waals surface area (Å²) in [6, 6.07) is 8.36. The molecular weight excluding hydrogens is 407 g/mol. The molecule has 28 heavy (non-hydrogen) atoms. The van der Waals surface area contributed by atoms with Crippen molar-refractivity contribution in [1.29, 1.82) is 0 Å². The van der Waals surface area contributed by atoms with Gasteiger partial charge in [0.25, 0.3) is 11.8 Å². The van der Waals surface area contributed by atoms with Crippen LogP contribution < -0.4 is 19.7 Å². The Labute approximate surface area is 170 Å². The molecule has 1 aliphatic heterocycles. The van der Waals surface area contributed by atoms with E-state index in [4.69, 9.17) is 32.7 Å². The van der Waals surface area contributed by atoms with E-state index in [1.54, 1.807) is 12.1 Å². The standard InChI is InChI=1S/C19H14Cl2N2O5/c1-27-14-8-3-10(15(21)16(14)28-2)9-13-17(24)22-19(26)23(18(13)25)12-6-4-11(20)5-7-12/h3-9H,1-2H3,(H,22,24,26)/b13-9+. The number of halogens is 2. The van der Waals surface area contributed by atoms with Gasteiger partial charge in [-0.15, -0.1) is 0 Å². The zero-order chi connectivity index (χ0) is 20.4. The molecule has 1 saturated heterocycles. The topological polar surface area (TPSA) is 84.9 Å². The van der Waals surface area contributed by atoms with Gasteiger partial charge >= 0.3 is 6.03 Å². The molecule has 0 bridgehead atoms. The van der Waals surface area contributed by atoms with Crippen molar-refractivity contribution in [1.82, 2.24) is 5.32 Å². The summed E-state index contributed by atoms with van der Waals surface area (Å²) in [7, 11) is 2.88. The molecule has 0 aromatic heterocycles. The lowest BCUT2D eigenvalue weighted by Crippen LogP contribution is -2.54. The maximum absolute atomic E-state index is 12.9. The van der Waals surface area contributed by atoms with Crippen molar-refractivity contribution >= 4 is 52.8 Å². The number of hydrogen-bond donors (Lipinski definition) is 1. The normalized spacial score (nSPS) is 15.6. The molecule has 9 heteroatoms. The Hall–Kier alpha value is -3.03. The number of anilines is 1. The molecule has 0 spiro atoms. The Kier molecular flexibility index (Phi) is 5.58. The first-order chi connectivity index (χ1) is 13.4. The molecule has 0 unspecified atom stereocenters. The lowest BCUT2D eigenvalue weighted by molar-refractivity contribution is -0.122. The highest BCUT2D eigenvalue weighted by Gasteiger charge is 2.37. The van der Waals surface area contributed by atoms with E-state index in [1.807, 2.05) is 0 Å². The number of nitrogens with one attached hydrogen (secondary N) is 1. The van der Waals surface area contributed by atoms with Gasteiger partial charge in [-0.25, -0.2) is 9.69 Å².